The van der Waals surface area contributed by atoms with Gasteiger partial charge in [-0.25, -0.2) is 0 Å². The van der Waals surface area contributed by atoms with Gasteiger partial charge in [-0.3, -0.25) is 9.80 Å². The van der Waals surface area contributed by atoms with E-state index in [1.165, 1.54) is 91.0 Å². The minimum atomic E-state index is 0.257. The van der Waals surface area contributed by atoms with Gasteiger partial charge in [-0.2, -0.15) is 0 Å². The van der Waals surface area contributed by atoms with E-state index in [4.69, 9.17) is 0 Å². The molecular weight excluding hydrogens is 430 g/mol. The second-order valence-corrected chi connectivity index (χ2v) is 15.1. The number of likely N-dealkylation sites (N-methyl/N-ethyl adjacent to an activating group) is 1. The average Bonchev–Trinajstić information content (AvgIpc) is 3.37. The molecule has 4 fully saturated rings. The predicted octanol–water partition coefficient (Wildman–Crippen LogP) is 4.19. The highest BCUT2D eigenvalue weighted by molar-refractivity contribution is 5.04. The summed E-state index contributed by atoms with van der Waals surface area (Å²) in [5, 5.41) is 0. The molecule has 5 heteroatoms. The molecule has 4 atom stereocenters. The van der Waals surface area contributed by atoms with Crippen LogP contribution in [0.5, 0.6) is 0 Å². The molecule has 4 aliphatic rings. The molecule has 5 nitrogen and oxygen atoms in total. The first-order valence-corrected chi connectivity index (χ1v) is 14.9. The summed E-state index contributed by atoms with van der Waals surface area (Å²) >= 11 is 0. The lowest BCUT2D eigenvalue weighted by Gasteiger charge is -2.48. The van der Waals surface area contributed by atoms with Gasteiger partial charge in [0, 0.05) is 62.9 Å². The Morgan fingerprint density at radius 2 is 1.23 bits per heavy atom. The Kier molecular flexibility index (Phi) is 8.36. The van der Waals surface area contributed by atoms with Crippen molar-refractivity contribution in [2.45, 2.75) is 90.8 Å². The first kappa shape index (κ1) is 27.8. The van der Waals surface area contributed by atoms with Crippen LogP contribution >= 0.6 is 0 Å². The van der Waals surface area contributed by atoms with Crippen LogP contribution in [0.2, 0.25) is 0 Å². The molecule has 4 saturated heterocycles. The van der Waals surface area contributed by atoms with Crippen LogP contribution < -0.4 is 0 Å². The van der Waals surface area contributed by atoms with Gasteiger partial charge in [0.2, 0.25) is 0 Å². The van der Waals surface area contributed by atoms with E-state index in [-0.39, 0.29) is 11.1 Å². The third kappa shape index (κ3) is 6.28. The third-order valence-corrected chi connectivity index (χ3v) is 11.1. The van der Waals surface area contributed by atoms with Gasteiger partial charge < -0.3 is 14.7 Å². The van der Waals surface area contributed by atoms with Gasteiger partial charge in [-0.05, 0) is 117 Å². The standard InChI is InChI=1S/C30H59N5/c1-28(2,25-11-15-32(8)22-25)20-27-26-23-33(9)14-10-24(26)21-35(27)30(5,6)13-12-29(3,4)34-18-16-31(7)17-19-34/h24-27H,10-23H2,1-9H3. The van der Waals surface area contributed by atoms with Crippen LogP contribution in [-0.4, -0.2) is 122 Å². The molecule has 35 heavy (non-hydrogen) atoms. The van der Waals surface area contributed by atoms with E-state index in [9.17, 15) is 0 Å². The molecule has 4 rings (SSSR count). The minimum absolute atomic E-state index is 0.257. The van der Waals surface area contributed by atoms with Crippen LogP contribution in [0.15, 0.2) is 0 Å². The molecule has 0 aromatic rings. The maximum atomic E-state index is 3.03. The summed E-state index contributed by atoms with van der Waals surface area (Å²) in [5.74, 6) is 2.58. The van der Waals surface area contributed by atoms with Crippen LogP contribution in [0.1, 0.15) is 73.6 Å². The highest BCUT2D eigenvalue weighted by atomic mass is 15.3. The number of likely N-dealkylation sites (tertiary alicyclic amines) is 3. The molecule has 0 bridgehead atoms. The lowest BCUT2D eigenvalue weighted by molar-refractivity contribution is 0.0154. The van der Waals surface area contributed by atoms with Crippen LogP contribution in [0.4, 0.5) is 0 Å². The molecule has 0 radical (unpaired) electrons. The zero-order chi connectivity index (χ0) is 25.6. The molecular formula is C30H59N5. The molecule has 0 spiro atoms. The van der Waals surface area contributed by atoms with E-state index in [0.29, 0.717) is 5.41 Å². The van der Waals surface area contributed by atoms with Gasteiger partial charge in [0.05, 0.1) is 0 Å². The van der Waals surface area contributed by atoms with E-state index >= 15 is 0 Å². The highest BCUT2D eigenvalue weighted by Crippen LogP contribution is 2.48. The Hall–Kier alpha value is -0.200. The van der Waals surface area contributed by atoms with Crippen LogP contribution in [0, 0.1) is 23.2 Å². The van der Waals surface area contributed by atoms with Gasteiger partial charge in [-0.15, -0.1) is 0 Å². The summed E-state index contributed by atoms with van der Waals surface area (Å²) in [5.41, 5.74) is 0.954. The number of hydrogen-bond acceptors (Lipinski definition) is 5. The highest BCUT2D eigenvalue weighted by Gasteiger charge is 2.51. The molecule has 0 N–H and O–H groups in total. The third-order valence-electron chi connectivity index (χ3n) is 11.1. The van der Waals surface area contributed by atoms with E-state index < -0.39 is 0 Å². The minimum Gasteiger partial charge on any atom is -0.306 e. The molecule has 0 amide bonds. The summed E-state index contributed by atoms with van der Waals surface area (Å²) in [6.45, 7) is 26.7. The van der Waals surface area contributed by atoms with Gasteiger partial charge >= 0.3 is 0 Å². The van der Waals surface area contributed by atoms with E-state index in [1.54, 1.807) is 0 Å². The van der Waals surface area contributed by atoms with Gasteiger partial charge in [0.1, 0.15) is 0 Å². The summed E-state index contributed by atoms with van der Waals surface area (Å²) < 4.78 is 0. The molecule has 0 aromatic heterocycles. The van der Waals surface area contributed by atoms with Gasteiger partial charge in [0.25, 0.3) is 0 Å². The van der Waals surface area contributed by atoms with E-state index in [1.807, 2.05) is 0 Å². The number of nitrogens with zero attached hydrogens (tertiary/aromatic N) is 5. The number of hydrogen-bond donors (Lipinski definition) is 0. The Labute approximate surface area is 218 Å². The summed E-state index contributed by atoms with van der Waals surface area (Å²) in [6.07, 6.45) is 6.73. The van der Waals surface area contributed by atoms with Gasteiger partial charge in [0.15, 0.2) is 0 Å². The van der Waals surface area contributed by atoms with E-state index in [2.05, 4.69) is 87.2 Å². The van der Waals surface area contributed by atoms with Crippen molar-refractivity contribution in [2.75, 3.05) is 80.0 Å². The lowest BCUT2D eigenvalue weighted by atomic mass is 9.70. The second kappa shape index (κ2) is 10.5. The summed E-state index contributed by atoms with van der Waals surface area (Å²) in [6, 6.07) is 0.727. The Bertz CT molecular complexity index is 695. The molecule has 4 heterocycles. The fourth-order valence-electron chi connectivity index (χ4n) is 8.04. The Morgan fingerprint density at radius 3 is 1.86 bits per heavy atom. The monoisotopic (exact) mass is 489 g/mol. The smallest absolute Gasteiger partial charge is 0.0157 e. The number of piperazine rings is 1. The largest absolute Gasteiger partial charge is 0.306 e. The van der Waals surface area contributed by atoms with Crippen molar-refractivity contribution >= 4 is 0 Å². The Balaban J connectivity index is 1.47. The molecule has 0 aliphatic carbocycles. The Morgan fingerprint density at radius 1 is 0.629 bits per heavy atom. The maximum Gasteiger partial charge on any atom is 0.0157 e. The van der Waals surface area contributed by atoms with Crippen molar-refractivity contribution in [1.29, 1.82) is 0 Å². The van der Waals surface area contributed by atoms with Crippen molar-refractivity contribution in [1.82, 2.24) is 24.5 Å². The zero-order valence-corrected chi connectivity index (χ0v) is 24.9. The first-order valence-electron chi connectivity index (χ1n) is 14.9. The summed E-state index contributed by atoms with van der Waals surface area (Å²) in [7, 11) is 6.94. The van der Waals surface area contributed by atoms with Crippen molar-refractivity contribution in [3.63, 3.8) is 0 Å². The zero-order valence-electron chi connectivity index (χ0n) is 24.9. The number of rotatable bonds is 8. The van der Waals surface area contributed by atoms with Crippen molar-refractivity contribution in [2.24, 2.45) is 23.2 Å². The maximum absolute atomic E-state index is 3.03. The van der Waals surface area contributed by atoms with Crippen molar-refractivity contribution < 1.29 is 0 Å². The van der Waals surface area contributed by atoms with Crippen LogP contribution in [0.25, 0.3) is 0 Å². The molecule has 0 saturated carbocycles. The molecule has 204 valence electrons. The molecule has 4 unspecified atom stereocenters. The topological polar surface area (TPSA) is 16.2 Å². The first-order chi connectivity index (χ1) is 16.3. The normalized spacial score (nSPS) is 33.5. The van der Waals surface area contributed by atoms with Gasteiger partial charge in [-0.1, -0.05) is 13.8 Å². The average molecular weight is 490 g/mol. The SMILES string of the molecule is CN1CCN(C(C)(C)CCC(C)(C)N2CC3CCN(C)CC3C2CC(C)(C)C2CCN(C)C2)CC1. The number of piperidine rings is 1. The van der Waals surface area contributed by atoms with Crippen molar-refractivity contribution in [3.8, 4) is 0 Å². The molecule has 0 aromatic carbocycles. The van der Waals surface area contributed by atoms with E-state index in [0.717, 1.165) is 23.8 Å². The lowest BCUT2D eigenvalue weighted by Crippen LogP contribution is -2.55. The number of fused-ring (bicyclic) bond motifs is 1. The predicted molar refractivity (Wildman–Crippen MR) is 150 cm³/mol. The van der Waals surface area contributed by atoms with Crippen LogP contribution in [-0.2, 0) is 0 Å². The van der Waals surface area contributed by atoms with Crippen LogP contribution in [0.3, 0.4) is 0 Å². The quantitative estimate of drug-likeness (QED) is 0.507. The fourth-order valence-corrected chi connectivity index (χ4v) is 8.04. The van der Waals surface area contributed by atoms with Crippen molar-refractivity contribution in [3.05, 3.63) is 0 Å². The fraction of sp³-hybridized carbons (Fsp3) is 1.00. The molecule has 4 aliphatic heterocycles. The second-order valence-electron chi connectivity index (χ2n) is 15.1. The summed E-state index contributed by atoms with van der Waals surface area (Å²) in [4.78, 5) is 13.5.